The topological polar surface area (TPSA) is 71.7 Å². The summed E-state index contributed by atoms with van der Waals surface area (Å²) in [5.74, 6) is -0.0335. The van der Waals surface area contributed by atoms with Crippen LogP contribution in [0.1, 0.15) is 61.0 Å². The zero-order valence-corrected chi connectivity index (χ0v) is 24.1. The number of para-hydroxylation sites is 1. The van der Waals surface area contributed by atoms with Gasteiger partial charge in [-0.05, 0) is 50.8 Å². The molecule has 41 heavy (non-hydrogen) atoms. The molecule has 2 aliphatic heterocycles. The SMILES string of the molecule is CC[C@@H](c1ccccc1)N(CCOc1c(-c2ccccc2)nc2ccccc2c1C(N)=O)C1C[C@@H]2CC[C@@H](C1)N2C. The van der Waals surface area contributed by atoms with E-state index in [0.29, 0.717) is 53.2 Å². The molecule has 0 saturated carbocycles. The zero-order chi connectivity index (χ0) is 28.3. The van der Waals surface area contributed by atoms with Crippen molar-refractivity contribution in [2.24, 2.45) is 5.73 Å². The second-order valence-corrected chi connectivity index (χ2v) is 11.5. The number of carbonyl (C=O) groups is 1. The van der Waals surface area contributed by atoms with Gasteiger partial charge >= 0.3 is 0 Å². The Hall–Kier alpha value is -3.74. The first kappa shape index (κ1) is 27.4. The highest BCUT2D eigenvalue weighted by Gasteiger charge is 2.41. The van der Waals surface area contributed by atoms with Crippen LogP contribution in [-0.2, 0) is 0 Å². The molecule has 2 bridgehead atoms. The molecule has 6 rings (SSSR count). The average molecular weight is 549 g/mol. The van der Waals surface area contributed by atoms with Crippen LogP contribution in [0.2, 0.25) is 0 Å². The van der Waals surface area contributed by atoms with Crippen molar-refractivity contribution in [2.45, 2.75) is 63.2 Å². The van der Waals surface area contributed by atoms with E-state index in [1.54, 1.807) is 0 Å². The molecule has 6 nitrogen and oxygen atoms in total. The number of amides is 1. The summed E-state index contributed by atoms with van der Waals surface area (Å²) in [5.41, 5.74) is 10.0. The lowest BCUT2D eigenvalue weighted by Crippen LogP contribution is -2.50. The predicted molar refractivity (Wildman–Crippen MR) is 165 cm³/mol. The normalized spacial score (nSPS) is 21.3. The Balaban J connectivity index is 1.34. The van der Waals surface area contributed by atoms with Gasteiger partial charge in [-0.2, -0.15) is 0 Å². The number of nitrogens with zero attached hydrogens (tertiary/aromatic N) is 3. The Bertz CT molecular complexity index is 1480. The first-order valence-electron chi connectivity index (χ1n) is 15.0. The number of carbonyl (C=O) groups excluding carboxylic acids is 1. The lowest BCUT2D eigenvalue weighted by molar-refractivity contribution is 0.0367. The summed E-state index contributed by atoms with van der Waals surface area (Å²) in [6.45, 7) is 3.46. The smallest absolute Gasteiger partial charge is 0.253 e. The number of rotatable bonds is 10. The molecule has 212 valence electrons. The number of ether oxygens (including phenoxy) is 1. The number of fused-ring (bicyclic) bond motifs is 3. The molecule has 0 radical (unpaired) electrons. The van der Waals surface area contributed by atoms with Gasteiger partial charge in [0.2, 0.25) is 0 Å². The minimum absolute atomic E-state index is 0.298. The van der Waals surface area contributed by atoms with Gasteiger partial charge < -0.3 is 15.4 Å². The Morgan fingerprint density at radius 2 is 1.61 bits per heavy atom. The summed E-state index contributed by atoms with van der Waals surface area (Å²) in [6.07, 6.45) is 5.95. The number of benzene rings is 3. The fourth-order valence-electron chi connectivity index (χ4n) is 7.21. The highest BCUT2D eigenvalue weighted by atomic mass is 16.5. The third kappa shape index (κ3) is 5.46. The van der Waals surface area contributed by atoms with E-state index in [-0.39, 0.29) is 0 Å². The van der Waals surface area contributed by atoms with E-state index in [9.17, 15) is 4.79 Å². The molecular formula is C35H40N4O2. The number of primary amides is 1. The Morgan fingerprint density at radius 3 is 2.27 bits per heavy atom. The predicted octanol–water partition coefficient (Wildman–Crippen LogP) is 6.46. The molecule has 3 heterocycles. The van der Waals surface area contributed by atoms with Crippen LogP contribution in [0.5, 0.6) is 5.75 Å². The zero-order valence-electron chi connectivity index (χ0n) is 24.1. The van der Waals surface area contributed by atoms with Gasteiger partial charge in [-0.15, -0.1) is 0 Å². The molecule has 3 aromatic carbocycles. The van der Waals surface area contributed by atoms with E-state index in [1.807, 2.05) is 54.6 Å². The largest absolute Gasteiger partial charge is 0.489 e. The highest BCUT2D eigenvalue weighted by Crippen LogP contribution is 2.40. The van der Waals surface area contributed by atoms with Crippen LogP contribution < -0.4 is 10.5 Å². The molecule has 2 aliphatic rings. The fraction of sp³-hybridized carbons (Fsp3) is 0.371. The van der Waals surface area contributed by atoms with E-state index in [4.69, 9.17) is 15.5 Å². The number of hydrogen-bond donors (Lipinski definition) is 1. The van der Waals surface area contributed by atoms with Gasteiger partial charge in [0.25, 0.3) is 5.91 Å². The van der Waals surface area contributed by atoms with Crippen molar-refractivity contribution in [1.29, 1.82) is 0 Å². The number of hydrogen-bond acceptors (Lipinski definition) is 5. The van der Waals surface area contributed by atoms with Crippen molar-refractivity contribution < 1.29 is 9.53 Å². The van der Waals surface area contributed by atoms with E-state index in [1.165, 1.54) is 31.2 Å². The van der Waals surface area contributed by atoms with Crippen LogP contribution in [-0.4, -0.2) is 59.0 Å². The van der Waals surface area contributed by atoms with Gasteiger partial charge in [0.15, 0.2) is 5.75 Å². The first-order valence-corrected chi connectivity index (χ1v) is 15.0. The molecule has 0 unspecified atom stereocenters. The third-order valence-corrected chi connectivity index (χ3v) is 9.25. The van der Waals surface area contributed by atoms with Crippen molar-refractivity contribution in [3.05, 3.63) is 96.1 Å². The van der Waals surface area contributed by atoms with Gasteiger partial charge in [-0.3, -0.25) is 9.69 Å². The molecule has 1 amide bonds. The van der Waals surface area contributed by atoms with Crippen LogP contribution in [0.15, 0.2) is 84.9 Å². The quantitative estimate of drug-likeness (QED) is 0.246. The molecule has 2 N–H and O–H groups in total. The van der Waals surface area contributed by atoms with Crippen molar-refractivity contribution in [3.63, 3.8) is 0 Å². The molecule has 4 aromatic rings. The molecule has 1 aromatic heterocycles. The van der Waals surface area contributed by atoms with Crippen molar-refractivity contribution >= 4 is 16.8 Å². The lowest BCUT2D eigenvalue weighted by atomic mass is 9.92. The number of piperidine rings is 1. The van der Waals surface area contributed by atoms with Crippen molar-refractivity contribution in [3.8, 4) is 17.0 Å². The fourth-order valence-corrected chi connectivity index (χ4v) is 7.21. The van der Waals surface area contributed by atoms with Crippen LogP contribution >= 0.6 is 0 Å². The van der Waals surface area contributed by atoms with Gasteiger partial charge in [0, 0.05) is 41.7 Å². The summed E-state index contributed by atoms with van der Waals surface area (Å²) in [5, 5.41) is 0.717. The van der Waals surface area contributed by atoms with Gasteiger partial charge in [-0.25, -0.2) is 4.98 Å². The van der Waals surface area contributed by atoms with E-state index in [2.05, 4.69) is 54.1 Å². The standard InChI is InChI=1S/C35H40N4O2/c1-3-31(24-12-6-4-7-13-24)39(28-22-26-18-19-27(23-28)38(26)2)20-21-41-34-32(35(36)40)29-16-10-11-17-30(29)37-33(34)25-14-8-5-9-15-25/h4-17,26-28,31H,3,18-23H2,1-2H3,(H2,36,40)/t26-,27-,31-/m0/s1. The summed E-state index contributed by atoms with van der Waals surface area (Å²) < 4.78 is 6.62. The maximum atomic E-state index is 12.9. The monoisotopic (exact) mass is 548 g/mol. The highest BCUT2D eigenvalue weighted by molar-refractivity contribution is 6.09. The molecule has 0 spiro atoms. The minimum Gasteiger partial charge on any atom is -0.489 e. The van der Waals surface area contributed by atoms with E-state index >= 15 is 0 Å². The third-order valence-electron chi connectivity index (χ3n) is 9.25. The summed E-state index contributed by atoms with van der Waals surface area (Å²) >= 11 is 0. The summed E-state index contributed by atoms with van der Waals surface area (Å²) in [7, 11) is 2.30. The molecular weight excluding hydrogens is 508 g/mol. The maximum Gasteiger partial charge on any atom is 0.253 e. The molecule has 3 atom stereocenters. The van der Waals surface area contributed by atoms with Gasteiger partial charge in [0.1, 0.15) is 12.3 Å². The molecule has 6 heteroatoms. The van der Waals surface area contributed by atoms with Crippen LogP contribution in [0.4, 0.5) is 0 Å². The Kier molecular flexibility index (Phi) is 8.04. The van der Waals surface area contributed by atoms with Crippen LogP contribution in [0, 0.1) is 0 Å². The van der Waals surface area contributed by atoms with Crippen LogP contribution in [0.3, 0.4) is 0 Å². The maximum absolute atomic E-state index is 12.9. The van der Waals surface area contributed by atoms with Crippen molar-refractivity contribution in [2.75, 3.05) is 20.2 Å². The number of nitrogens with two attached hydrogens (primary N) is 1. The van der Waals surface area contributed by atoms with E-state index < -0.39 is 5.91 Å². The van der Waals surface area contributed by atoms with Gasteiger partial charge in [-0.1, -0.05) is 85.8 Å². The second kappa shape index (κ2) is 12.0. The summed E-state index contributed by atoms with van der Waals surface area (Å²) in [4.78, 5) is 23.1. The van der Waals surface area contributed by atoms with Crippen molar-refractivity contribution in [1.82, 2.24) is 14.8 Å². The molecule has 0 aliphatic carbocycles. The minimum atomic E-state index is -0.504. The Morgan fingerprint density at radius 1 is 0.976 bits per heavy atom. The lowest BCUT2D eigenvalue weighted by Gasteiger charge is -2.45. The van der Waals surface area contributed by atoms with Crippen LogP contribution in [0.25, 0.3) is 22.2 Å². The average Bonchev–Trinajstić information content (AvgIpc) is 3.19. The Labute approximate surface area is 243 Å². The summed E-state index contributed by atoms with van der Waals surface area (Å²) in [6, 6.07) is 30.5. The molecule has 2 fully saturated rings. The molecule has 2 saturated heterocycles. The first-order chi connectivity index (χ1) is 20.0. The number of aromatic nitrogens is 1. The van der Waals surface area contributed by atoms with Gasteiger partial charge in [0.05, 0.1) is 11.1 Å². The second-order valence-electron chi connectivity index (χ2n) is 11.5. The number of pyridine rings is 1. The van der Waals surface area contributed by atoms with E-state index in [0.717, 1.165) is 24.0 Å².